The Balaban J connectivity index is 2.30. The highest BCUT2D eigenvalue weighted by Gasteiger charge is 2.01. The third kappa shape index (κ3) is 2.96. The number of nitrogens with one attached hydrogen (secondary N) is 1. The Morgan fingerprint density at radius 1 is 1.12 bits per heavy atom. The van der Waals surface area contributed by atoms with Crippen molar-refractivity contribution >= 4 is 23.0 Å². The van der Waals surface area contributed by atoms with Crippen LogP contribution in [0.3, 0.4) is 0 Å². The summed E-state index contributed by atoms with van der Waals surface area (Å²) in [6.45, 7) is 0. The van der Waals surface area contributed by atoms with Gasteiger partial charge in [0.15, 0.2) is 0 Å². The van der Waals surface area contributed by atoms with Crippen LogP contribution in [0.5, 0.6) is 0 Å². The zero-order chi connectivity index (χ0) is 12.3. The van der Waals surface area contributed by atoms with Gasteiger partial charge >= 0.3 is 0 Å². The minimum Gasteiger partial charge on any atom is -0.355 e. The summed E-state index contributed by atoms with van der Waals surface area (Å²) in [4.78, 5) is 0. The van der Waals surface area contributed by atoms with Gasteiger partial charge in [0.05, 0.1) is 11.6 Å². The molecule has 2 rings (SSSR count). The van der Waals surface area contributed by atoms with Gasteiger partial charge in [0.2, 0.25) is 0 Å². The van der Waals surface area contributed by atoms with Crippen molar-refractivity contribution in [2.24, 2.45) is 0 Å². The Morgan fingerprint density at radius 2 is 1.94 bits per heavy atom. The van der Waals surface area contributed by atoms with Crippen LogP contribution < -0.4 is 5.32 Å². The largest absolute Gasteiger partial charge is 0.355 e. The number of benzene rings is 2. The normalized spacial score (nSPS) is 9.71. The number of hydrogen-bond acceptors (Lipinski definition) is 2. The van der Waals surface area contributed by atoms with Gasteiger partial charge in [-0.15, -0.1) is 0 Å². The Hall–Kier alpha value is -2.05. The number of rotatable bonds is 2. The summed E-state index contributed by atoms with van der Waals surface area (Å²) >= 11 is 5.83. The summed E-state index contributed by atoms with van der Waals surface area (Å²) in [6, 6.07) is 13.0. The first kappa shape index (κ1) is 11.4. The molecule has 84 valence electrons. The third-order valence-electron chi connectivity index (χ3n) is 2.14. The van der Waals surface area contributed by atoms with Crippen molar-refractivity contribution in [1.82, 2.24) is 0 Å². The molecule has 1 N–H and O–H groups in total. The van der Waals surface area contributed by atoms with Crippen molar-refractivity contribution in [2.75, 3.05) is 5.32 Å². The van der Waals surface area contributed by atoms with Crippen LogP contribution in [0.2, 0.25) is 5.02 Å². The molecule has 0 heterocycles. The van der Waals surface area contributed by atoms with Crippen LogP contribution in [0.25, 0.3) is 0 Å². The molecule has 0 aliphatic rings. The van der Waals surface area contributed by atoms with E-state index in [1.54, 1.807) is 24.3 Å². The fraction of sp³-hybridized carbons (Fsp3) is 0. The molecule has 0 atom stereocenters. The van der Waals surface area contributed by atoms with Gasteiger partial charge in [-0.3, -0.25) is 0 Å². The monoisotopic (exact) mass is 246 g/mol. The fourth-order valence-corrected chi connectivity index (χ4v) is 1.65. The first-order valence-electron chi connectivity index (χ1n) is 4.90. The first-order chi connectivity index (χ1) is 8.17. The van der Waals surface area contributed by atoms with Gasteiger partial charge in [-0.2, -0.15) is 5.26 Å². The minimum absolute atomic E-state index is 0.273. The lowest BCUT2D eigenvalue weighted by atomic mass is 10.2. The van der Waals surface area contributed by atoms with Crippen molar-refractivity contribution in [3.05, 3.63) is 58.9 Å². The number of nitrogens with zero attached hydrogens (tertiary/aromatic N) is 1. The molecular weight excluding hydrogens is 239 g/mol. The van der Waals surface area contributed by atoms with Crippen molar-refractivity contribution in [2.45, 2.75) is 0 Å². The summed E-state index contributed by atoms with van der Waals surface area (Å²) in [5.41, 5.74) is 1.53. The molecule has 0 saturated carbocycles. The molecule has 0 bridgehead atoms. The van der Waals surface area contributed by atoms with Crippen LogP contribution in [0.4, 0.5) is 15.8 Å². The standard InChI is InChI=1S/C13H8ClFN2/c14-10-2-1-3-12(6-10)17-13-5-9(8-16)4-11(15)7-13/h1-7,17H. The number of nitriles is 1. The van der Waals surface area contributed by atoms with Crippen molar-refractivity contribution in [3.8, 4) is 6.07 Å². The molecule has 2 aromatic carbocycles. The molecule has 17 heavy (non-hydrogen) atoms. The number of anilines is 2. The summed E-state index contributed by atoms with van der Waals surface area (Å²) in [6.07, 6.45) is 0. The maximum Gasteiger partial charge on any atom is 0.126 e. The van der Waals surface area contributed by atoms with Crippen LogP contribution in [0.15, 0.2) is 42.5 Å². The lowest BCUT2D eigenvalue weighted by molar-refractivity contribution is 0.628. The summed E-state index contributed by atoms with van der Waals surface area (Å²) in [7, 11) is 0. The molecule has 4 heteroatoms. The average Bonchev–Trinajstić information content (AvgIpc) is 2.28. The van der Waals surface area contributed by atoms with Gasteiger partial charge in [0.1, 0.15) is 5.82 Å². The second-order valence-electron chi connectivity index (χ2n) is 3.48. The lowest BCUT2D eigenvalue weighted by Crippen LogP contribution is -1.92. The van der Waals surface area contributed by atoms with E-state index >= 15 is 0 Å². The zero-order valence-electron chi connectivity index (χ0n) is 8.74. The molecule has 0 spiro atoms. The van der Waals surface area contributed by atoms with E-state index in [0.717, 1.165) is 5.69 Å². The molecule has 2 nitrogen and oxygen atoms in total. The topological polar surface area (TPSA) is 35.8 Å². The average molecular weight is 247 g/mol. The van der Waals surface area contributed by atoms with E-state index in [-0.39, 0.29) is 5.56 Å². The summed E-state index contributed by atoms with van der Waals surface area (Å²) in [5.74, 6) is -0.450. The highest BCUT2D eigenvalue weighted by molar-refractivity contribution is 6.30. The van der Waals surface area contributed by atoms with Crippen molar-refractivity contribution in [3.63, 3.8) is 0 Å². The SMILES string of the molecule is N#Cc1cc(F)cc(Nc2cccc(Cl)c2)c1. The predicted octanol–water partition coefficient (Wildman–Crippen LogP) is 4.09. The Bertz CT molecular complexity index is 590. The second kappa shape index (κ2) is 4.86. The molecule has 0 amide bonds. The summed E-state index contributed by atoms with van der Waals surface area (Å²) < 4.78 is 13.2. The highest BCUT2D eigenvalue weighted by atomic mass is 35.5. The van der Waals surface area contributed by atoms with Gasteiger partial charge in [-0.25, -0.2) is 4.39 Å². The molecule has 0 unspecified atom stereocenters. The lowest BCUT2D eigenvalue weighted by Gasteiger charge is -2.07. The first-order valence-corrected chi connectivity index (χ1v) is 5.28. The Morgan fingerprint density at radius 3 is 2.65 bits per heavy atom. The predicted molar refractivity (Wildman–Crippen MR) is 65.8 cm³/mol. The van der Waals surface area contributed by atoms with Crippen molar-refractivity contribution in [1.29, 1.82) is 5.26 Å². The molecule has 0 aromatic heterocycles. The van der Waals surface area contributed by atoms with Crippen LogP contribution in [-0.2, 0) is 0 Å². The van der Waals surface area contributed by atoms with E-state index < -0.39 is 5.82 Å². The molecule has 0 fully saturated rings. The quantitative estimate of drug-likeness (QED) is 0.866. The Labute approximate surface area is 103 Å². The maximum absolute atomic E-state index is 13.2. The van der Waals surface area contributed by atoms with E-state index in [4.69, 9.17) is 16.9 Å². The van der Waals surface area contributed by atoms with Gasteiger partial charge in [-0.05, 0) is 36.4 Å². The van der Waals surface area contributed by atoms with Gasteiger partial charge < -0.3 is 5.32 Å². The van der Waals surface area contributed by atoms with Gasteiger partial charge in [0, 0.05) is 16.4 Å². The molecule has 2 aromatic rings. The molecule has 0 radical (unpaired) electrons. The van der Waals surface area contributed by atoms with E-state index in [0.29, 0.717) is 10.7 Å². The van der Waals surface area contributed by atoms with Gasteiger partial charge in [-0.1, -0.05) is 17.7 Å². The maximum atomic E-state index is 13.2. The minimum atomic E-state index is -0.450. The molecule has 0 aliphatic carbocycles. The van der Waals surface area contributed by atoms with E-state index in [1.807, 2.05) is 12.1 Å². The molecule has 0 aliphatic heterocycles. The van der Waals surface area contributed by atoms with Gasteiger partial charge in [0.25, 0.3) is 0 Å². The number of halogens is 2. The second-order valence-corrected chi connectivity index (χ2v) is 3.91. The third-order valence-corrected chi connectivity index (χ3v) is 2.38. The van der Waals surface area contributed by atoms with Crippen LogP contribution in [-0.4, -0.2) is 0 Å². The molecule has 0 saturated heterocycles. The zero-order valence-corrected chi connectivity index (χ0v) is 9.50. The van der Waals surface area contributed by atoms with Crippen LogP contribution in [0.1, 0.15) is 5.56 Å². The number of hydrogen-bond donors (Lipinski definition) is 1. The van der Waals surface area contributed by atoms with Crippen molar-refractivity contribution < 1.29 is 4.39 Å². The highest BCUT2D eigenvalue weighted by Crippen LogP contribution is 2.21. The fourth-order valence-electron chi connectivity index (χ4n) is 1.46. The molecular formula is C13H8ClFN2. The van der Waals surface area contributed by atoms with E-state index in [2.05, 4.69) is 5.32 Å². The van der Waals surface area contributed by atoms with Crippen LogP contribution >= 0.6 is 11.6 Å². The van der Waals surface area contributed by atoms with E-state index in [9.17, 15) is 4.39 Å². The summed E-state index contributed by atoms with van der Waals surface area (Å²) in [5, 5.41) is 12.3. The smallest absolute Gasteiger partial charge is 0.126 e. The van der Waals surface area contributed by atoms with Crippen LogP contribution in [0, 0.1) is 17.1 Å². The Kier molecular flexibility index (Phi) is 3.27. The van der Waals surface area contributed by atoms with E-state index in [1.165, 1.54) is 12.1 Å².